The summed E-state index contributed by atoms with van der Waals surface area (Å²) in [6.45, 7) is 1.17. The van der Waals surface area contributed by atoms with Crippen LogP contribution in [0, 0.1) is 0 Å². The summed E-state index contributed by atoms with van der Waals surface area (Å²) in [5, 5.41) is 6.40. The van der Waals surface area contributed by atoms with Gasteiger partial charge in [0.15, 0.2) is 17.5 Å². The second-order valence-electron chi connectivity index (χ2n) is 8.04. The van der Waals surface area contributed by atoms with Gasteiger partial charge in [-0.05, 0) is 43.9 Å². The quantitative estimate of drug-likeness (QED) is 0.258. The Morgan fingerprint density at radius 2 is 1.97 bits per heavy atom. The number of aliphatic imine (C=N–C) groups is 1. The highest BCUT2D eigenvalue weighted by Gasteiger charge is 2.20. The van der Waals surface area contributed by atoms with Crippen LogP contribution >= 0.6 is 24.0 Å². The summed E-state index contributed by atoms with van der Waals surface area (Å²) in [6, 6.07) is 9.66. The van der Waals surface area contributed by atoms with Crippen LogP contribution in [0.25, 0.3) is 0 Å². The zero-order valence-electron chi connectivity index (χ0n) is 19.6. The number of methoxy groups -OCH3 is 1. The van der Waals surface area contributed by atoms with Crippen molar-refractivity contribution >= 4 is 35.8 Å². The molecule has 8 nitrogen and oxygen atoms in total. The van der Waals surface area contributed by atoms with E-state index in [4.69, 9.17) is 18.9 Å². The fraction of sp³-hybridized carbons (Fsp3) is 0.500. The van der Waals surface area contributed by atoms with E-state index in [1.54, 1.807) is 32.4 Å². The molecule has 1 amide bonds. The number of amides is 1. The second-order valence-corrected chi connectivity index (χ2v) is 8.04. The third kappa shape index (κ3) is 8.45. The monoisotopic (exact) mass is 570 g/mol. The molecule has 1 saturated carbocycles. The van der Waals surface area contributed by atoms with Crippen molar-refractivity contribution in [3.8, 4) is 11.5 Å². The first-order valence-electron chi connectivity index (χ1n) is 11.1. The highest BCUT2D eigenvalue weighted by atomic mass is 127. The van der Waals surface area contributed by atoms with Crippen molar-refractivity contribution in [2.75, 3.05) is 34.3 Å². The van der Waals surface area contributed by atoms with E-state index < -0.39 is 0 Å². The standard InChI is InChI=1S/C24H34N4O4.HI/c1-28(2)22(29)17-27-24(25-14-13-19-11-7-15-31-19)26-16-18-8-6-12-21(30-3)23(18)32-20-9-4-5-10-20;/h6-8,11-12,15,20H,4-5,9-10,13-14,16-17H2,1-3H3,(H2,25,26,27);1H. The number of rotatable bonds is 10. The van der Waals surface area contributed by atoms with Crippen molar-refractivity contribution in [2.45, 2.75) is 44.8 Å². The molecular formula is C24H35IN4O4. The normalized spacial score (nSPS) is 13.8. The Hall–Kier alpha value is -2.43. The smallest absolute Gasteiger partial charge is 0.241 e. The molecular weight excluding hydrogens is 535 g/mol. The van der Waals surface area contributed by atoms with Crippen LogP contribution in [0.2, 0.25) is 0 Å². The number of nitrogens with one attached hydrogen (secondary N) is 2. The molecule has 0 aliphatic heterocycles. The third-order valence-electron chi connectivity index (χ3n) is 5.42. The van der Waals surface area contributed by atoms with Crippen LogP contribution in [0.1, 0.15) is 37.0 Å². The highest BCUT2D eigenvalue weighted by Crippen LogP contribution is 2.35. The number of carbonyl (C=O) groups excluding carboxylic acids is 1. The largest absolute Gasteiger partial charge is 0.493 e. The molecule has 0 bridgehead atoms. The van der Waals surface area contributed by atoms with Crippen molar-refractivity contribution in [3.05, 3.63) is 47.9 Å². The van der Waals surface area contributed by atoms with Crippen molar-refractivity contribution < 1.29 is 18.7 Å². The molecule has 0 spiro atoms. The summed E-state index contributed by atoms with van der Waals surface area (Å²) in [4.78, 5) is 18.3. The number of hydrogen-bond acceptors (Lipinski definition) is 5. The number of ether oxygens (including phenoxy) is 2. The molecule has 1 heterocycles. The van der Waals surface area contributed by atoms with Gasteiger partial charge in [0.1, 0.15) is 5.76 Å². The maximum absolute atomic E-state index is 12.0. The number of para-hydroxylation sites is 1. The Balaban J connectivity index is 0.00000385. The average Bonchev–Trinajstić information content (AvgIpc) is 3.50. The molecule has 1 aliphatic carbocycles. The van der Waals surface area contributed by atoms with Gasteiger partial charge >= 0.3 is 0 Å². The predicted octanol–water partition coefficient (Wildman–Crippen LogP) is 3.59. The number of hydrogen-bond donors (Lipinski definition) is 2. The van der Waals surface area contributed by atoms with Crippen molar-refractivity contribution in [1.82, 2.24) is 15.5 Å². The first-order valence-corrected chi connectivity index (χ1v) is 11.1. The van der Waals surface area contributed by atoms with Crippen LogP contribution in [0.5, 0.6) is 11.5 Å². The minimum atomic E-state index is -0.0304. The van der Waals surface area contributed by atoms with Gasteiger partial charge in [0, 0.05) is 32.6 Å². The van der Waals surface area contributed by atoms with Crippen LogP contribution in [0.15, 0.2) is 46.0 Å². The second kappa shape index (κ2) is 14.0. The minimum absolute atomic E-state index is 0. The lowest BCUT2D eigenvalue weighted by Crippen LogP contribution is -2.43. The molecule has 0 unspecified atom stereocenters. The predicted molar refractivity (Wildman–Crippen MR) is 140 cm³/mol. The van der Waals surface area contributed by atoms with Gasteiger partial charge in [-0.3, -0.25) is 4.79 Å². The van der Waals surface area contributed by atoms with E-state index in [0.717, 1.165) is 29.9 Å². The van der Waals surface area contributed by atoms with Crippen LogP contribution in [0.4, 0.5) is 0 Å². The van der Waals surface area contributed by atoms with Crippen LogP contribution < -0.4 is 20.1 Å². The Labute approximate surface area is 213 Å². The van der Waals surface area contributed by atoms with E-state index in [2.05, 4.69) is 10.6 Å². The molecule has 9 heteroatoms. The van der Waals surface area contributed by atoms with Crippen LogP contribution in [0.3, 0.4) is 0 Å². The van der Waals surface area contributed by atoms with Gasteiger partial charge in [-0.15, -0.1) is 24.0 Å². The summed E-state index contributed by atoms with van der Waals surface area (Å²) in [5.74, 6) is 2.89. The van der Waals surface area contributed by atoms with Gasteiger partial charge < -0.3 is 29.4 Å². The summed E-state index contributed by atoms with van der Waals surface area (Å²) in [7, 11) is 5.11. The van der Waals surface area contributed by atoms with Gasteiger partial charge in [0.2, 0.25) is 5.91 Å². The molecule has 1 aromatic heterocycles. The molecule has 1 aliphatic rings. The lowest BCUT2D eigenvalue weighted by molar-refractivity contribution is -0.127. The number of furan rings is 1. The first kappa shape index (κ1) is 26.8. The van der Waals surface area contributed by atoms with Gasteiger partial charge in [-0.2, -0.15) is 0 Å². The fourth-order valence-corrected chi connectivity index (χ4v) is 3.57. The van der Waals surface area contributed by atoms with Gasteiger partial charge in [-0.1, -0.05) is 12.1 Å². The van der Waals surface area contributed by atoms with E-state index in [1.165, 1.54) is 12.8 Å². The fourth-order valence-electron chi connectivity index (χ4n) is 3.57. The Bertz CT molecular complexity index is 881. The summed E-state index contributed by atoms with van der Waals surface area (Å²) in [5.41, 5.74) is 0.947. The lowest BCUT2D eigenvalue weighted by atomic mass is 10.1. The molecule has 182 valence electrons. The summed E-state index contributed by atoms with van der Waals surface area (Å²) >= 11 is 0. The Morgan fingerprint density at radius 3 is 2.64 bits per heavy atom. The molecule has 2 N–H and O–H groups in total. The molecule has 33 heavy (non-hydrogen) atoms. The topological polar surface area (TPSA) is 88.3 Å². The van der Waals surface area contributed by atoms with E-state index in [1.807, 2.05) is 30.3 Å². The molecule has 3 rings (SSSR count). The molecule has 1 aromatic carbocycles. The van der Waals surface area contributed by atoms with E-state index >= 15 is 0 Å². The average molecular weight is 570 g/mol. The zero-order valence-corrected chi connectivity index (χ0v) is 22.0. The van der Waals surface area contributed by atoms with Crippen LogP contribution in [-0.2, 0) is 17.8 Å². The maximum Gasteiger partial charge on any atom is 0.241 e. The number of nitrogens with zero attached hydrogens (tertiary/aromatic N) is 2. The summed E-state index contributed by atoms with van der Waals surface area (Å²) in [6.07, 6.45) is 7.11. The molecule has 0 saturated heterocycles. The van der Waals surface area contributed by atoms with Gasteiger partial charge in [0.25, 0.3) is 0 Å². The minimum Gasteiger partial charge on any atom is -0.493 e. The number of benzene rings is 1. The van der Waals surface area contributed by atoms with Crippen molar-refractivity contribution in [1.29, 1.82) is 0 Å². The number of guanidine groups is 1. The zero-order chi connectivity index (χ0) is 22.8. The van der Waals surface area contributed by atoms with E-state index in [-0.39, 0.29) is 42.5 Å². The first-order chi connectivity index (χ1) is 15.6. The Kier molecular flexibility index (Phi) is 11.4. The number of likely N-dealkylation sites (N-methyl/N-ethyl adjacent to an activating group) is 1. The van der Waals surface area contributed by atoms with E-state index in [9.17, 15) is 4.79 Å². The maximum atomic E-state index is 12.0. The van der Waals surface area contributed by atoms with Crippen molar-refractivity contribution in [2.24, 2.45) is 4.99 Å². The third-order valence-corrected chi connectivity index (χ3v) is 5.42. The Morgan fingerprint density at radius 1 is 1.18 bits per heavy atom. The van der Waals surface area contributed by atoms with Crippen LogP contribution in [-0.4, -0.2) is 57.2 Å². The molecule has 0 atom stereocenters. The number of halogens is 1. The van der Waals surface area contributed by atoms with Gasteiger partial charge in [0.05, 0.1) is 32.6 Å². The highest BCUT2D eigenvalue weighted by molar-refractivity contribution is 14.0. The lowest BCUT2D eigenvalue weighted by Gasteiger charge is -2.19. The molecule has 2 aromatic rings. The SMILES string of the molecule is COc1cccc(CN=C(NCCc2ccco2)NCC(=O)N(C)C)c1OC1CCCC1.I. The van der Waals surface area contributed by atoms with Gasteiger partial charge in [-0.25, -0.2) is 4.99 Å². The molecule has 0 radical (unpaired) electrons. The van der Waals surface area contributed by atoms with Crippen molar-refractivity contribution in [3.63, 3.8) is 0 Å². The number of carbonyl (C=O) groups is 1. The van der Waals surface area contributed by atoms with E-state index in [0.29, 0.717) is 31.2 Å². The molecule has 1 fully saturated rings. The summed E-state index contributed by atoms with van der Waals surface area (Å²) < 4.78 is 17.2.